The first-order chi connectivity index (χ1) is 17.4. The zero-order valence-electron chi connectivity index (χ0n) is 21.3. The molecule has 0 saturated carbocycles. The summed E-state index contributed by atoms with van der Waals surface area (Å²) in [6, 6.07) is 23.7. The van der Waals surface area contributed by atoms with Gasteiger partial charge in [0.2, 0.25) is 5.43 Å². The third-order valence-electron chi connectivity index (χ3n) is 5.24. The molecule has 0 saturated heterocycles. The van der Waals surface area contributed by atoms with Crippen LogP contribution >= 0.6 is 18.3 Å². The summed E-state index contributed by atoms with van der Waals surface area (Å²) in [4.78, 5) is 23.5. The van der Waals surface area contributed by atoms with E-state index in [-0.39, 0.29) is 28.3 Å². The van der Waals surface area contributed by atoms with Crippen molar-refractivity contribution in [1.82, 2.24) is 0 Å². The number of ketones is 1. The number of carbonyl (C=O) groups excluding carboxylic acids is 1. The van der Waals surface area contributed by atoms with Crippen molar-refractivity contribution in [2.24, 2.45) is 6.26 Å². The Labute approximate surface area is 219 Å². The zero-order chi connectivity index (χ0) is 28.8. The Balaban J connectivity index is 0.000000229. The van der Waals surface area contributed by atoms with E-state index in [0.29, 0.717) is 12.3 Å². The molecule has 0 radical (unpaired) electrons. The van der Waals surface area contributed by atoms with Crippen molar-refractivity contribution in [3.8, 4) is 5.75 Å². The predicted octanol–water partition coefficient (Wildman–Crippen LogP) is 10.2. The SMILES string of the molecule is CC(C)c1ccc2c(c1)c(=O)c1ccccc1[s+]2C.CCC(=O)COc1ccccc1.F[P-](F)(F)(F)(F)F. The third kappa shape index (κ3) is 10.8. The fraction of sp³-hybridized carbons (Fsp3) is 0.259. The third-order valence-corrected chi connectivity index (χ3v) is 7.28. The number of hydrogen-bond acceptors (Lipinski definition) is 3. The Kier molecular flexibility index (Phi) is 9.39. The van der Waals surface area contributed by atoms with Crippen LogP contribution in [0.15, 0.2) is 77.6 Å². The molecule has 1 atom stereocenters. The Morgan fingerprint density at radius 1 is 0.842 bits per heavy atom. The van der Waals surface area contributed by atoms with Crippen molar-refractivity contribution in [1.29, 1.82) is 0 Å². The number of benzene rings is 3. The van der Waals surface area contributed by atoms with E-state index in [4.69, 9.17) is 4.74 Å². The standard InChI is InChI=1S/C17H17OS.C10H12O2.F6P/c1-11(2)12-8-9-16-14(10-12)17(18)13-6-4-5-7-15(13)19(16)3;1-2-9(11)8-12-10-6-4-3-5-7-10;1-7(2,3,4,5)6/h4-11H,1-3H3;3-7H,2,8H2,1H3;/q+1;;-1. The molecule has 0 aliphatic heterocycles. The van der Waals surface area contributed by atoms with Gasteiger partial charge in [-0.15, -0.1) is 0 Å². The summed E-state index contributed by atoms with van der Waals surface area (Å²) < 4.78 is 66.8. The summed E-state index contributed by atoms with van der Waals surface area (Å²) in [6.45, 7) is 6.33. The Hall–Kier alpha value is -2.97. The van der Waals surface area contributed by atoms with Crippen molar-refractivity contribution in [3.63, 3.8) is 0 Å². The molecule has 0 N–H and O–H groups in total. The van der Waals surface area contributed by atoms with E-state index in [1.54, 1.807) is 0 Å². The molecule has 3 aromatic carbocycles. The van der Waals surface area contributed by atoms with Crippen molar-refractivity contribution >= 4 is 44.2 Å². The van der Waals surface area contributed by atoms with Gasteiger partial charge in [0.05, 0.1) is 10.8 Å². The first-order valence-electron chi connectivity index (χ1n) is 11.6. The van der Waals surface area contributed by atoms with Crippen LogP contribution in [-0.4, -0.2) is 12.4 Å². The first kappa shape index (κ1) is 31.2. The summed E-state index contributed by atoms with van der Waals surface area (Å²) in [5.74, 6) is 1.33. The van der Waals surface area contributed by atoms with Crippen LogP contribution in [0.4, 0.5) is 25.2 Å². The molecule has 1 heterocycles. The van der Waals surface area contributed by atoms with Gasteiger partial charge >= 0.3 is 33.0 Å². The number of hydrogen-bond donors (Lipinski definition) is 0. The van der Waals surface area contributed by atoms with Crippen LogP contribution in [0, 0.1) is 0 Å². The van der Waals surface area contributed by atoms with Crippen LogP contribution in [0.25, 0.3) is 20.2 Å². The Morgan fingerprint density at radius 2 is 1.37 bits per heavy atom. The molecule has 3 nitrogen and oxygen atoms in total. The van der Waals surface area contributed by atoms with Gasteiger partial charge in [-0.05, 0) is 58.3 Å². The van der Waals surface area contributed by atoms with E-state index < -0.39 is 7.81 Å². The molecule has 11 heteroatoms. The summed E-state index contributed by atoms with van der Waals surface area (Å²) in [5, 5.41) is 1.78. The average molecular weight is 579 g/mol. The average Bonchev–Trinajstić information content (AvgIpc) is 2.84. The monoisotopic (exact) mass is 578 g/mol. The predicted molar refractivity (Wildman–Crippen MR) is 146 cm³/mol. The zero-order valence-corrected chi connectivity index (χ0v) is 23.0. The quantitative estimate of drug-likeness (QED) is 0.102. The van der Waals surface area contributed by atoms with E-state index in [1.165, 1.54) is 15.0 Å². The number of aryl methyl sites for hydroxylation is 1. The maximum absolute atomic E-state index is 12.6. The second-order valence-electron chi connectivity index (χ2n) is 8.70. The second kappa shape index (κ2) is 11.4. The topological polar surface area (TPSA) is 43.4 Å². The number of fused-ring (bicyclic) bond motifs is 2. The summed E-state index contributed by atoms with van der Waals surface area (Å²) in [7, 11) is -10.7. The molecule has 0 spiro atoms. The van der Waals surface area contributed by atoms with E-state index in [2.05, 4.69) is 44.4 Å². The molecule has 38 heavy (non-hydrogen) atoms. The van der Waals surface area contributed by atoms with E-state index in [9.17, 15) is 34.8 Å². The van der Waals surface area contributed by atoms with Crippen LogP contribution < -0.4 is 10.2 Å². The Morgan fingerprint density at radius 3 is 1.92 bits per heavy atom. The molecule has 1 unspecified atom stereocenters. The molecule has 4 aromatic rings. The first-order valence-corrected chi connectivity index (χ1v) is 15.2. The molecule has 0 bridgehead atoms. The molecule has 0 amide bonds. The van der Waals surface area contributed by atoms with Gasteiger partial charge in [-0.1, -0.05) is 57.2 Å². The summed E-state index contributed by atoms with van der Waals surface area (Å²) >= 11 is 0. The number of rotatable bonds is 5. The summed E-state index contributed by atoms with van der Waals surface area (Å²) in [6.07, 6.45) is 2.74. The molecule has 1 aromatic heterocycles. The van der Waals surface area contributed by atoms with Gasteiger partial charge < -0.3 is 4.74 Å². The maximum atomic E-state index is 12.6. The van der Waals surface area contributed by atoms with Crippen LogP contribution in [0.2, 0.25) is 0 Å². The van der Waals surface area contributed by atoms with Gasteiger partial charge in [0, 0.05) is 6.42 Å². The summed E-state index contributed by atoms with van der Waals surface area (Å²) in [5.41, 5.74) is 1.42. The van der Waals surface area contributed by atoms with Crippen molar-refractivity contribution in [3.05, 3.63) is 88.6 Å². The number of Topliss-reactive ketones (excluding diaryl/α,β-unsaturated/α-hetero) is 1. The number of halogens is 6. The number of carbonyl (C=O) groups is 1. The number of para-hydroxylation sites is 1. The van der Waals surface area contributed by atoms with Gasteiger partial charge in [-0.25, -0.2) is 0 Å². The molecule has 4 rings (SSSR count). The normalized spacial score (nSPS) is 13.5. The molecule has 208 valence electrons. The molecular weight excluding hydrogens is 549 g/mol. The fourth-order valence-electron chi connectivity index (χ4n) is 3.32. The molecular formula is C27H29F6O3PS. The second-order valence-corrected chi connectivity index (χ2v) is 12.5. The van der Waals surface area contributed by atoms with Crippen molar-refractivity contribution in [2.45, 2.75) is 33.1 Å². The van der Waals surface area contributed by atoms with Crippen LogP contribution in [0.5, 0.6) is 5.75 Å². The molecule has 0 aliphatic carbocycles. The number of ether oxygens (including phenoxy) is 1. The van der Waals surface area contributed by atoms with Gasteiger partial charge in [0.1, 0.15) is 18.6 Å². The van der Waals surface area contributed by atoms with E-state index >= 15 is 0 Å². The van der Waals surface area contributed by atoms with Crippen molar-refractivity contribution in [2.75, 3.05) is 6.61 Å². The van der Waals surface area contributed by atoms with Crippen LogP contribution in [0.3, 0.4) is 0 Å². The molecule has 0 fully saturated rings. The van der Waals surface area contributed by atoms with E-state index in [1.807, 2.05) is 55.5 Å². The molecule has 0 aliphatic rings. The van der Waals surface area contributed by atoms with Crippen LogP contribution in [0.1, 0.15) is 38.7 Å². The minimum atomic E-state index is -10.7. The van der Waals surface area contributed by atoms with E-state index in [0.717, 1.165) is 16.5 Å². The van der Waals surface area contributed by atoms with Gasteiger partial charge in [-0.2, -0.15) is 0 Å². The Bertz CT molecular complexity index is 1460. The van der Waals surface area contributed by atoms with Gasteiger partial charge in [0.25, 0.3) is 0 Å². The van der Waals surface area contributed by atoms with Crippen LogP contribution in [-0.2, 0) is 11.1 Å². The minimum absolute atomic E-state index is 0.00310. The van der Waals surface area contributed by atoms with Crippen molar-refractivity contribution < 1.29 is 34.7 Å². The van der Waals surface area contributed by atoms with Gasteiger partial charge in [-0.3, -0.25) is 9.59 Å². The van der Waals surface area contributed by atoms with Gasteiger partial charge in [0.15, 0.2) is 15.2 Å². The fourth-order valence-corrected chi connectivity index (χ4v) is 5.08.